The lowest BCUT2D eigenvalue weighted by Gasteiger charge is -2.24. The van der Waals surface area contributed by atoms with Gasteiger partial charge in [0.05, 0.1) is 17.9 Å². The minimum Gasteiger partial charge on any atom is -0.386 e. The highest BCUT2D eigenvalue weighted by Gasteiger charge is 2.33. The summed E-state index contributed by atoms with van der Waals surface area (Å²) in [6.45, 7) is 8.84. The smallest absolute Gasteiger partial charge is 0.136 e. The van der Waals surface area contributed by atoms with Gasteiger partial charge in [-0.2, -0.15) is 5.10 Å². The number of rotatable bonds is 4. The van der Waals surface area contributed by atoms with Gasteiger partial charge < -0.3 is 10.0 Å². The van der Waals surface area contributed by atoms with Crippen LogP contribution in [0.15, 0.2) is 6.07 Å². The second kappa shape index (κ2) is 6.41. The van der Waals surface area contributed by atoms with Crippen molar-refractivity contribution < 1.29 is 5.11 Å². The van der Waals surface area contributed by atoms with Crippen molar-refractivity contribution in [1.29, 1.82) is 0 Å². The average molecular weight is 341 g/mol. The molecule has 1 unspecified atom stereocenters. The zero-order valence-electron chi connectivity index (χ0n) is 15.4. The fourth-order valence-corrected chi connectivity index (χ4v) is 3.86. The molecule has 1 fully saturated rings. The van der Waals surface area contributed by atoms with Crippen molar-refractivity contribution in [3.8, 4) is 0 Å². The molecule has 2 aromatic heterocycles. The number of hydrogen-bond donors (Lipinski definition) is 1. The van der Waals surface area contributed by atoms with E-state index in [1.165, 1.54) is 11.3 Å². The van der Waals surface area contributed by atoms with E-state index < -0.39 is 6.10 Å². The molecule has 0 saturated heterocycles. The first-order chi connectivity index (χ1) is 12.1. The second-order valence-corrected chi connectivity index (χ2v) is 7.35. The highest BCUT2D eigenvalue weighted by molar-refractivity contribution is 5.49. The fourth-order valence-electron chi connectivity index (χ4n) is 3.86. The number of hydrogen-bond acceptors (Lipinski definition) is 5. The Labute approximate surface area is 148 Å². The van der Waals surface area contributed by atoms with Gasteiger partial charge in [-0.3, -0.25) is 4.68 Å². The van der Waals surface area contributed by atoms with Gasteiger partial charge in [-0.05, 0) is 51.5 Å². The Morgan fingerprint density at radius 1 is 1.24 bits per heavy atom. The van der Waals surface area contributed by atoms with Gasteiger partial charge in [0, 0.05) is 24.3 Å². The van der Waals surface area contributed by atoms with E-state index in [0.717, 1.165) is 68.3 Å². The molecule has 134 valence electrons. The molecule has 1 N–H and O–H groups in total. The number of nitrogens with zero attached hydrogens (tertiary/aromatic N) is 5. The number of aliphatic hydroxyl groups is 1. The Morgan fingerprint density at radius 3 is 2.76 bits per heavy atom. The van der Waals surface area contributed by atoms with Gasteiger partial charge in [-0.15, -0.1) is 0 Å². The number of aliphatic hydroxyl groups excluding tert-OH is 1. The molecule has 0 bridgehead atoms. The number of anilines is 1. The van der Waals surface area contributed by atoms with Crippen LogP contribution >= 0.6 is 0 Å². The molecule has 1 aliphatic carbocycles. The minimum atomic E-state index is -0.400. The van der Waals surface area contributed by atoms with Gasteiger partial charge in [-0.1, -0.05) is 6.92 Å². The summed E-state index contributed by atoms with van der Waals surface area (Å²) >= 11 is 0. The van der Waals surface area contributed by atoms with E-state index >= 15 is 0 Å². The Hall–Kier alpha value is -1.95. The predicted molar refractivity (Wildman–Crippen MR) is 96.5 cm³/mol. The molecule has 25 heavy (non-hydrogen) atoms. The number of fused-ring (bicyclic) bond motifs is 1. The lowest BCUT2D eigenvalue weighted by molar-refractivity contribution is 0.148. The third-order valence-electron chi connectivity index (χ3n) is 5.36. The van der Waals surface area contributed by atoms with Crippen LogP contribution in [-0.2, 0) is 19.5 Å². The van der Waals surface area contributed by atoms with Crippen LogP contribution in [0, 0.1) is 19.8 Å². The molecule has 0 spiro atoms. The highest BCUT2D eigenvalue weighted by Crippen LogP contribution is 2.40. The zero-order chi connectivity index (χ0) is 17.6. The Kier molecular flexibility index (Phi) is 4.23. The predicted octanol–water partition coefficient (Wildman–Crippen LogP) is 2.71. The van der Waals surface area contributed by atoms with Crippen molar-refractivity contribution in [3.63, 3.8) is 0 Å². The second-order valence-electron chi connectivity index (χ2n) is 7.35. The normalized spacial score (nSPS) is 18.8. The van der Waals surface area contributed by atoms with E-state index in [0.29, 0.717) is 5.92 Å². The molecule has 1 aliphatic heterocycles. The summed E-state index contributed by atoms with van der Waals surface area (Å²) in [5.74, 6) is 2.30. The van der Waals surface area contributed by atoms with Crippen LogP contribution in [0.3, 0.4) is 0 Å². The number of aryl methyl sites for hydroxylation is 3. The molecular weight excluding hydrogens is 314 g/mol. The van der Waals surface area contributed by atoms with Crippen LogP contribution in [0.5, 0.6) is 0 Å². The van der Waals surface area contributed by atoms with E-state index in [1.807, 2.05) is 6.92 Å². The van der Waals surface area contributed by atoms with E-state index in [2.05, 4.69) is 39.6 Å². The summed E-state index contributed by atoms with van der Waals surface area (Å²) in [6.07, 6.45) is 3.80. The molecule has 1 atom stereocenters. The third kappa shape index (κ3) is 3.15. The summed E-state index contributed by atoms with van der Waals surface area (Å²) in [4.78, 5) is 11.6. The summed E-state index contributed by atoms with van der Waals surface area (Å²) in [5, 5.41) is 15.1. The van der Waals surface area contributed by atoms with Crippen molar-refractivity contribution in [2.45, 2.75) is 65.6 Å². The maximum Gasteiger partial charge on any atom is 0.136 e. The first-order valence-corrected chi connectivity index (χ1v) is 9.40. The number of aromatic nitrogens is 4. The van der Waals surface area contributed by atoms with Gasteiger partial charge in [0.1, 0.15) is 17.7 Å². The molecule has 1 saturated carbocycles. The summed E-state index contributed by atoms with van der Waals surface area (Å²) in [5.41, 5.74) is 4.32. The molecule has 3 heterocycles. The maximum atomic E-state index is 10.4. The summed E-state index contributed by atoms with van der Waals surface area (Å²) < 4.78 is 2.08. The molecule has 2 aliphatic rings. The van der Waals surface area contributed by atoms with E-state index in [1.54, 1.807) is 0 Å². The van der Waals surface area contributed by atoms with Crippen LogP contribution in [0.4, 0.5) is 5.82 Å². The van der Waals surface area contributed by atoms with Crippen LogP contribution in [0.1, 0.15) is 60.8 Å². The van der Waals surface area contributed by atoms with E-state index in [9.17, 15) is 5.11 Å². The van der Waals surface area contributed by atoms with Crippen molar-refractivity contribution in [1.82, 2.24) is 19.7 Å². The highest BCUT2D eigenvalue weighted by atomic mass is 16.3. The first kappa shape index (κ1) is 16.5. The van der Waals surface area contributed by atoms with E-state index in [4.69, 9.17) is 4.98 Å². The average Bonchev–Trinajstić information content (AvgIpc) is 3.38. The van der Waals surface area contributed by atoms with Crippen molar-refractivity contribution >= 4 is 5.82 Å². The SMILES string of the molecule is CCc1c(C)nc(C)nc1N1CCCn2nc(C(O)C3CC3)cc2C1. The van der Waals surface area contributed by atoms with Crippen LogP contribution in [0.25, 0.3) is 0 Å². The van der Waals surface area contributed by atoms with Gasteiger partial charge in [0.15, 0.2) is 0 Å². The maximum absolute atomic E-state index is 10.4. The fraction of sp³-hybridized carbons (Fsp3) is 0.632. The molecule has 2 aromatic rings. The standard InChI is InChI=1S/C19H27N5O/c1-4-16-12(2)20-13(3)21-19(16)23-8-5-9-24-15(11-23)10-17(22-24)18(25)14-6-7-14/h10,14,18,25H,4-9,11H2,1-3H3. The lowest BCUT2D eigenvalue weighted by atomic mass is 10.1. The molecule has 0 amide bonds. The Balaban J connectivity index is 1.65. The summed E-state index contributed by atoms with van der Waals surface area (Å²) in [6, 6.07) is 2.09. The van der Waals surface area contributed by atoms with Gasteiger partial charge in [0.2, 0.25) is 0 Å². The van der Waals surface area contributed by atoms with Crippen LogP contribution < -0.4 is 4.90 Å². The van der Waals surface area contributed by atoms with Gasteiger partial charge >= 0.3 is 0 Å². The molecule has 4 rings (SSSR count). The molecule has 0 radical (unpaired) electrons. The van der Waals surface area contributed by atoms with Gasteiger partial charge in [0.25, 0.3) is 0 Å². The lowest BCUT2D eigenvalue weighted by Crippen LogP contribution is -2.26. The van der Waals surface area contributed by atoms with Crippen molar-refractivity contribution in [2.75, 3.05) is 11.4 Å². The molecule has 6 heteroatoms. The van der Waals surface area contributed by atoms with E-state index in [-0.39, 0.29) is 0 Å². The van der Waals surface area contributed by atoms with Crippen LogP contribution in [-0.4, -0.2) is 31.4 Å². The summed E-state index contributed by atoms with van der Waals surface area (Å²) in [7, 11) is 0. The Bertz CT molecular complexity index is 780. The third-order valence-corrected chi connectivity index (χ3v) is 5.36. The Morgan fingerprint density at radius 2 is 2.04 bits per heavy atom. The van der Waals surface area contributed by atoms with Crippen molar-refractivity contribution in [3.05, 3.63) is 34.5 Å². The van der Waals surface area contributed by atoms with Gasteiger partial charge in [-0.25, -0.2) is 9.97 Å². The van der Waals surface area contributed by atoms with Crippen LogP contribution in [0.2, 0.25) is 0 Å². The quantitative estimate of drug-likeness (QED) is 0.926. The molecule has 6 nitrogen and oxygen atoms in total. The minimum absolute atomic E-state index is 0.400. The monoisotopic (exact) mass is 341 g/mol. The molecular formula is C19H27N5O. The largest absolute Gasteiger partial charge is 0.386 e. The van der Waals surface area contributed by atoms with Crippen molar-refractivity contribution in [2.24, 2.45) is 5.92 Å². The first-order valence-electron chi connectivity index (χ1n) is 9.40. The topological polar surface area (TPSA) is 67.1 Å². The molecule has 0 aromatic carbocycles. The zero-order valence-corrected chi connectivity index (χ0v) is 15.4.